The molecule has 0 spiro atoms. The lowest BCUT2D eigenvalue weighted by Gasteiger charge is -2.08. The number of nitrogens with zero attached hydrogens (tertiary/aromatic N) is 2. The summed E-state index contributed by atoms with van der Waals surface area (Å²) in [7, 11) is 0. The van der Waals surface area contributed by atoms with Gasteiger partial charge < -0.3 is 10.2 Å². The molecule has 0 fully saturated rings. The molecule has 112 valence electrons. The Labute approximate surface area is 144 Å². The van der Waals surface area contributed by atoms with Gasteiger partial charge in [0.25, 0.3) is 5.91 Å². The van der Waals surface area contributed by atoms with Crippen LogP contribution in [0.15, 0.2) is 56.7 Å². The van der Waals surface area contributed by atoms with E-state index in [0.29, 0.717) is 12.2 Å². The SMILES string of the molecule is O=C(Nc1ccc(Br)cn1)C1CC(c2cccc(Br)c2)=NO1. The lowest BCUT2D eigenvalue weighted by atomic mass is 10.0. The summed E-state index contributed by atoms with van der Waals surface area (Å²) in [6, 6.07) is 11.3. The van der Waals surface area contributed by atoms with E-state index in [1.807, 2.05) is 30.3 Å². The highest BCUT2D eigenvalue weighted by Gasteiger charge is 2.29. The van der Waals surface area contributed by atoms with Crippen LogP contribution >= 0.6 is 31.9 Å². The van der Waals surface area contributed by atoms with E-state index in [-0.39, 0.29) is 5.91 Å². The van der Waals surface area contributed by atoms with Gasteiger partial charge in [-0.25, -0.2) is 4.98 Å². The summed E-state index contributed by atoms with van der Waals surface area (Å²) in [5, 5.41) is 6.73. The number of rotatable bonds is 3. The molecular formula is C15H11Br2N3O2. The first-order chi connectivity index (χ1) is 10.6. The lowest BCUT2D eigenvalue weighted by Crippen LogP contribution is -2.28. The van der Waals surface area contributed by atoms with Crippen LogP contribution in [0.4, 0.5) is 5.82 Å². The van der Waals surface area contributed by atoms with Crippen molar-refractivity contribution in [2.45, 2.75) is 12.5 Å². The van der Waals surface area contributed by atoms with Crippen molar-refractivity contribution in [3.05, 3.63) is 57.1 Å². The number of carbonyl (C=O) groups excluding carboxylic acids is 1. The number of nitrogens with one attached hydrogen (secondary N) is 1. The molecule has 5 nitrogen and oxygen atoms in total. The highest BCUT2D eigenvalue weighted by Crippen LogP contribution is 2.20. The van der Waals surface area contributed by atoms with Crippen LogP contribution in [0.3, 0.4) is 0 Å². The highest BCUT2D eigenvalue weighted by atomic mass is 79.9. The van der Waals surface area contributed by atoms with Crippen LogP contribution in [-0.4, -0.2) is 22.7 Å². The van der Waals surface area contributed by atoms with E-state index in [1.165, 1.54) is 0 Å². The normalized spacial score (nSPS) is 16.8. The van der Waals surface area contributed by atoms with Crippen molar-refractivity contribution in [2.75, 3.05) is 5.32 Å². The second-order valence-electron chi connectivity index (χ2n) is 4.70. The van der Waals surface area contributed by atoms with Crippen molar-refractivity contribution < 1.29 is 9.63 Å². The Kier molecular flexibility index (Phi) is 4.54. The molecule has 0 saturated heterocycles. The molecule has 3 rings (SSSR count). The first-order valence-electron chi connectivity index (χ1n) is 6.53. The second-order valence-corrected chi connectivity index (χ2v) is 6.53. The minimum atomic E-state index is -0.639. The van der Waals surface area contributed by atoms with Crippen molar-refractivity contribution in [2.24, 2.45) is 5.16 Å². The zero-order valence-electron chi connectivity index (χ0n) is 11.3. The Morgan fingerprint density at radius 1 is 1.23 bits per heavy atom. The van der Waals surface area contributed by atoms with Crippen molar-refractivity contribution in [3.8, 4) is 0 Å². The summed E-state index contributed by atoms with van der Waals surface area (Å²) in [4.78, 5) is 21.5. The van der Waals surface area contributed by atoms with E-state index in [9.17, 15) is 4.79 Å². The van der Waals surface area contributed by atoms with Crippen LogP contribution in [0.5, 0.6) is 0 Å². The molecule has 1 atom stereocenters. The first kappa shape index (κ1) is 15.2. The van der Waals surface area contributed by atoms with Gasteiger partial charge in [0.2, 0.25) is 6.10 Å². The van der Waals surface area contributed by atoms with Gasteiger partial charge in [0.1, 0.15) is 5.82 Å². The van der Waals surface area contributed by atoms with Gasteiger partial charge in [-0.1, -0.05) is 33.2 Å². The number of anilines is 1. The van der Waals surface area contributed by atoms with E-state index in [2.05, 4.69) is 47.3 Å². The summed E-state index contributed by atoms with van der Waals surface area (Å²) in [5.74, 6) is 0.219. The monoisotopic (exact) mass is 423 g/mol. The standard InChI is InChI=1S/C15H11Br2N3O2/c16-10-3-1-2-9(6-10)12-7-13(22-20-12)15(21)19-14-5-4-11(17)8-18-14/h1-6,8,13H,7H2,(H,18,19,21). The highest BCUT2D eigenvalue weighted by molar-refractivity contribution is 9.10. The van der Waals surface area contributed by atoms with Crippen molar-refractivity contribution in [1.29, 1.82) is 0 Å². The molecule has 22 heavy (non-hydrogen) atoms. The predicted molar refractivity (Wildman–Crippen MR) is 90.7 cm³/mol. The molecule has 7 heteroatoms. The van der Waals surface area contributed by atoms with Crippen LogP contribution in [0.2, 0.25) is 0 Å². The Bertz CT molecular complexity index is 732. The molecule has 0 saturated carbocycles. The Balaban J connectivity index is 1.64. The smallest absolute Gasteiger partial charge is 0.269 e. The summed E-state index contributed by atoms with van der Waals surface area (Å²) >= 11 is 6.71. The Morgan fingerprint density at radius 3 is 2.82 bits per heavy atom. The average molecular weight is 425 g/mol. The fourth-order valence-corrected chi connectivity index (χ4v) is 2.65. The quantitative estimate of drug-likeness (QED) is 0.816. The fraction of sp³-hybridized carbons (Fsp3) is 0.133. The summed E-state index contributed by atoms with van der Waals surface area (Å²) in [5.41, 5.74) is 1.69. The van der Waals surface area contributed by atoms with E-state index in [4.69, 9.17) is 4.84 Å². The summed E-state index contributed by atoms with van der Waals surface area (Å²) in [6.07, 6.45) is 1.41. The minimum Gasteiger partial charge on any atom is -0.382 e. The number of oxime groups is 1. The van der Waals surface area contributed by atoms with Crippen molar-refractivity contribution >= 4 is 49.3 Å². The fourth-order valence-electron chi connectivity index (χ4n) is 2.01. The van der Waals surface area contributed by atoms with E-state index < -0.39 is 6.10 Å². The molecule has 1 amide bonds. The molecule has 1 aliphatic rings. The second kappa shape index (κ2) is 6.58. The van der Waals surface area contributed by atoms with Gasteiger partial charge in [0.05, 0.1) is 5.71 Å². The van der Waals surface area contributed by atoms with E-state index in [0.717, 1.165) is 20.2 Å². The van der Waals surface area contributed by atoms with Crippen LogP contribution < -0.4 is 5.32 Å². The molecule has 1 N–H and O–H groups in total. The first-order valence-corrected chi connectivity index (χ1v) is 8.11. The largest absolute Gasteiger partial charge is 0.382 e. The topological polar surface area (TPSA) is 63.6 Å². The third-order valence-corrected chi connectivity index (χ3v) is 4.06. The van der Waals surface area contributed by atoms with Gasteiger partial charge >= 0.3 is 0 Å². The van der Waals surface area contributed by atoms with E-state index >= 15 is 0 Å². The molecule has 2 aromatic rings. The third kappa shape index (κ3) is 3.53. The summed E-state index contributed by atoms with van der Waals surface area (Å²) < 4.78 is 1.81. The number of halogens is 2. The van der Waals surface area contributed by atoms with Crippen LogP contribution in [-0.2, 0) is 9.63 Å². The number of pyridine rings is 1. The lowest BCUT2D eigenvalue weighted by molar-refractivity contribution is -0.125. The maximum absolute atomic E-state index is 12.2. The molecule has 1 aromatic heterocycles. The van der Waals surface area contributed by atoms with Gasteiger partial charge in [-0.2, -0.15) is 0 Å². The van der Waals surface area contributed by atoms with Gasteiger partial charge in [-0.3, -0.25) is 4.79 Å². The zero-order valence-corrected chi connectivity index (χ0v) is 14.5. The third-order valence-electron chi connectivity index (χ3n) is 3.10. The van der Waals surface area contributed by atoms with Gasteiger partial charge in [-0.05, 0) is 40.2 Å². The molecule has 0 radical (unpaired) electrons. The van der Waals surface area contributed by atoms with Crippen molar-refractivity contribution in [1.82, 2.24) is 4.98 Å². The molecule has 2 heterocycles. The zero-order chi connectivity index (χ0) is 15.5. The maximum Gasteiger partial charge on any atom is 0.269 e. The molecule has 0 bridgehead atoms. The summed E-state index contributed by atoms with van der Waals surface area (Å²) in [6.45, 7) is 0. The molecular weight excluding hydrogens is 414 g/mol. The minimum absolute atomic E-state index is 0.261. The molecule has 1 aromatic carbocycles. The number of aromatic nitrogens is 1. The Hall–Kier alpha value is -1.73. The van der Waals surface area contributed by atoms with Gasteiger partial charge in [-0.15, -0.1) is 0 Å². The average Bonchev–Trinajstić information content (AvgIpc) is 3.00. The number of hydrogen-bond acceptors (Lipinski definition) is 4. The molecule has 1 unspecified atom stereocenters. The molecule has 1 aliphatic heterocycles. The number of amides is 1. The number of carbonyl (C=O) groups is 1. The van der Waals surface area contributed by atoms with Gasteiger partial charge in [0.15, 0.2) is 0 Å². The van der Waals surface area contributed by atoms with Crippen LogP contribution in [0.1, 0.15) is 12.0 Å². The number of benzene rings is 1. The van der Waals surface area contributed by atoms with Crippen molar-refractivity contribution in [3.63, 3.8) is 0 Å². The molecule has 0 aliphatic carbocycles. The van der Waals surface area contributed by atoms with Crippen LogP contribution in [0.25, 0.3) is 0 Å². The van der Waals surface area contributed by atoms with Crippen LogP contribution in [0, 0.1) is 0 Å². The number of hydrogen-bond donors (Lipinski definition) is 1. The Morgan fingerprint density at radius 2 is 2.09 bits per heavy atom. The van der Waals surface area contributed by atoms with E-state index in [1.54, 1.807) is 12.3 Å². The predicted octanol–water partition coefficient (Wildman–Crippen LogP) is 3.74. The maximum atomic E-state index is 12.2. The van der Waals surface area contributed by atoms with Gasteiger partial charge in [0, 0.05) is 27.1 Å².